The van der Waals surface area contributed by atoms with Crippen LogP contribution in [0, 0.1) is 5.41 Å². The highest BCUT2D eigenvalue weighted by Gasteiger charge is 2.24. The third kappa shape index (κ3) is 4.49. The van der Waals surface area contributed by atoms with E-state index < -0.39 is 0 Å². The van der Waals surface area contributed by atoms with Crippen molar-refractivity contribution < 1.29 is 9.84 Å². The van der Waals surface area contributed by atoms with E-state index in [2.05, 4.69) is 26.0 Å². The van der Waals surface area contributed by atoms with Crippen LogP contribution in [0.15, 0.2) is 30.3 Å². The molecular formula is C15H24O2. The predicted octanol–water partition coefficient (Wildman–Crippen LogP) is 3.39. The minimum absolute atomic E-state index is 0.0523. The average molecular weight is 236 g/mol. The van der Waals surface area contributed by atoms with Gasteiger partial charge in [-0.05, 0) is 30.2 Å². The molecule has 1 aromatic rings. The summed E-state index contributed by atoms with van der Waals surface area (Å²) in [4.78, 5) is 0. The number of aliphatic hydroxyl groups is 1. The minimum atomic E-state index is 0.0523. The zero-order chi connectivity index (χ0) is 12.6. The van der Waals surface area contributed by atoms with Gasteiger partial charge in [0.2, 0.25) is 0 Å². The highest BCUT2D eigenvalue weighted by Crippen LogP contribution is 2.29. The van der Waals surface area contributed by atoms with E-state index in [4.69, 9.17) is 4.74 Å². The smallest absolute Gasteiger partial charge is 0.0716 e. The van der Waals surface area contributed by atoms with Crippen molar-refractivity contribution in [3.8, 4) is 0 Å². The van der Waals surface area contributed by atoms with E-state index in [0.717, 1.165) is 25.9 Å². The van der Waals surface area contributed by atoms with Gasteiger partial charge in [-0.2, -0.15) is 0 Å². The molecule has 2 heteroatoms. The molecule has 1 rings (SSSR count). The molecule has 1 N–H and O–H groups in total. The molecular weight excluding hydrogens is 212 g/mol. The molecule has 2 nitrogen and oxygen atoms in total. The molecule has 0 amide bonds. The van der Waals surface area contributed by atoms with Crippen LogP contribution in [0.1, 0.15) is 38.7 Å². The van der Waals surface area contributed by atoms with Crippen molar-refractivity contribution in [1.82, 2.24) is 0 Å². The van der Waals surface area contributed by atoms with Gasteiger partial charge in [-0.3, -0.25) is 0 Å². The molecule has 0 spiro atoms. The van der Waals surface area contributed by atoms with Crippen molar-refractivity contribution in [3.63, 3.8) is 0 Å². The summed E-state index contributed by atoms with van der Waals surface area (Å²) in [5, 5.41) is 9.44. The molecule has 0 unspecified atom stereocenters. The molecule has 96 valence electrons. The van der Waals surface area contributed by atoms with Crippen LogP contribution in [0.3, 0.4) is 0 Å². The van der Waals surface area contributed by atoms with Crippen LogP contribution in [-0.2, 0) is 11.3 Å². The van der Waals surface area contributed by atoms with Gasteiger partial charge < -0.3 is 9.84 Å². The fourth-order valence-corrected chi connectivity index (χ4v) is 1.96. The summed E-state index contributed by atoms with van der Waals surface area (Å²) in [7, 11) is 0. The molecule has 0 fully saturated rings. The Labute approximate surface area is 105 Å². The van der Waals surface area contributed by atoms with Gasteiger partial charge in [-0.15, -0.1) is 0 Å². The Bertz CT molecular complexity index is 283. The zero-order valence-electron chi connectivity index (χ0n) is 11.0. The summed E-state index contributed by atoms with van der Waals surface area (Å²) in [6, 6.07) is 10.2. The molecule has 0 bridgehead atoms. The van der Waals surface area contributed by atoms with E-state index in [1.807, 2.05) is 18.2 Å². The van der Waals surface area contributed by atoms with Gasteiger partial charge in [-0.25, -0.2) is 0 Å². The van der Waals surface area contributed by atoms with Gasteiger partial charge in [-0.1, -0.05) is 44.2 Å². The van der Waals surface area contributed by atoms with Crippen LogP contribution in [0.4, 0.5) is 0 Å². The Balaban J connectivity index is 2.28. The lowest BCUT2D eigenvalue weighted by atomic mass is 9.80. The third-order valence-electron chi connectivity index (χ3n) is 3.72. The maximum absolute atomic E-state index is 9.44. The largest absolute Gasteiger partial charge is 0.396 e. The first-order valence-electron chi connectivity index (χ1n) is 6.49. The SMILES string of the molecule is CCC(CC)(CO)CCOCc1ccccc1. The Morgan fingerprint density at radius 1 is 1.12 bits per heavy atom. The molecule has 0 saturated carbocycles. The molecule has 0 aliphatic rings. The molecule has 0 aliphatic carbocycles. The highest BCUT2D eigenvalue weighted by molar-refractivity contribution is 5.13. The number of ether oxygens (including phenoxy) is 1. The van der Waals surface area contributed by atoms with E-state index in [-0.39, 0.29) is 12.0 Å². The lowest BCUT2D eigenvalue weighted by Gasteiger charge is -2.29. The van der Waals surface area contributed by atoms with Crippen LogP contribution in [-0.4, -0.2) is 18.3 Å². The van der Waals surface area contributed by atoms with Crippen LogP contribution >= 0.6 is 0 Å². The van der Waals surface area contributed by atoms with Crippen molar-refractivity contribution in [3.05, 3.63) is 35.9 Å². The minimum Gasteiger partial charge on any atom is -0.396 e. The molecule has 0 saturated heterocycles. The number of benzene rings is 1. The second-order valence-electron chi connectivity index (χ2n) is 4.65. The summed E-state index contributed by atoms with van der Waals surface area (Å²) < 4.78 is 5.67. The second-order valence-corrected chi connectivity index (χ2v) is 4.65. The topological polar surface area (TPSA) is 29.5 Å². The molecule has 0 aliphatic heterocycles. The van der Waals surface area contributed by atoms with Crippen molar-refractivity contribution in [2.75, 3.05) is 13.2 Å². The first-order chi connectivity index (χ1) is 8.26. The summed E-state index contributed by atoms with van der Waals surface area (Å²) in [6.07, 6.45) is 2.95. The van der Waals surface area contributed by atoms with Crippen molar-refractivity contribution in [2.45, 2.75) is 39.7 Å². The fourth-order valence-electron chi connectivity index (χ4n) is 1.96. The molecule has 1 aromatic carbocycles. The second kappa shape index (κ2) is 7.46. The molecule has 17 heavy (non-hydrogen) atoms. The predicted molar refractivity (Wildman–Crippen MR) is 70.8 cm³/mol. The summed E-state index contributed by atoms with van der Waals surface area (Å²) in [5.74, 6) is 0. The Morgan fingerprint density at radius 2 is 1.76 bits per heavy atom. The number of hydrogen-bond donors (Lipinski definition) is 1. The fraction of sp³-hybridized carbons (Fsp3) is 0.600. The van der Waals surface area contributed by atoms with Crippen LogP contribution < -0.4 is 0 Å². The third-order valence-corrected chi connectivity index (χ3v) is 3.72. The molecule has 0 radical (unpaired) electrons. The molecule has 0 atom stereocenters. The van der Waals surface area contributed by atoms with Gasteiger partial charge in [0.05, 0.1) is 6.61 Å². The van der Waals surface area contributed by atoms with E-state index in [1.165, 1.54) is 5.56 Å². The van der Waals surface area contributed by atoms with E-state index in [0.29, 0.717) is 6.61 Å². The maximum Gasteiger partial charge on any atom is 0.0716 e. The van der Waals surface area contributed by atoms with Gasteiger partial charge in [0, 0.05) is 13.2 Å². The number of rotatable bonds is 8. The van der Waals surface area contributed by atoms with Crippen LogP contribution in [0.2, 0.25) is 0 Å². The van der Waals surface area contributed by atoms with E-state index in [9.17, 15) is 5.11 Å². The molecule has 0 heterocycles. The van der Waals surface area contributed by atoms with Gasteiger partial charge in [0.15, 0.2) is 0 Å². The van der Waals surface area contributed by atoms with Crippen molar-refractivity contribution in [2.24, 2.45) is 5.41 Å². The normalized spacial score (nSPS) is 11.7. The summed E-state index contributed by atoms with van der Waals surface area (Å²) in [5.41, 5.74) is 1.26. The molecule has 0 aromatic heterocycles. The lowest BCUT2D eigenvalue weighted by Crippen LogP contribution is -2.25. The average Bonchev–Trinajstić information content (AvgIpc) is 2.41. The van der Waals surface area contributed by atoms with E-state index in [1.54, 1.807) is 0 Å². The monoisotopic (exact) mass is 236 g/mol. The van der Waals surface area contributed by atoms with Gasteiger partial charge in [0.25, 0.3) is 0 Å². The van der Waals surface area contributed by atoms with Gasteiger partial charge in [0.1, 0.15) is 0 Å². The van der Waals surface area contributed by atoms with Crippen LogP contribution in [0.25, 0.3) is 0 Å². The zero-order valence-corrected chi connectivity index (χ0v) is 11.0. The Hall–Kier alpha value is -0.860. The number of aliphatic hydroxyl groups excluding tert-OH is 1. The quantitative estimate of drug-likeness (QED) is 0.701. The number of hydrogen-bond acceptors (Lipinski definition) is 2. The van der Waals surface area contributed by atoms with Gasteiger partial charge >= 0.3 is 0 Å². The standard InChI is InChI=1S/C15H24O2/c1-3-15(4-2,13-16)10-11-17-12-14-8-6-5-7-9-14/h5-9,16H,3-4,10-13H2,1-2H3. The van der Waals surface area contributed by atoms with Crippen molar-refractivity contribution >= 4 is 0 Å². The first-order valence-corrected chi connectivity index (χ1v) is 6.49. The summed E-state index contributed by atoms with van der Waals surface area (Å²) in [6.45, 7) is 5.91. The van der Waals surface area contributed by atoms with Crippen LogP contribution in [0.5, 0.6) is 0 Å². The Morgan fingerprint density at radius 3 is 2.29 bits per heavy atom. The van der Waals surface area contributed by atoms with E-state index >= 15 is 0 Å². The Kier molecular flexibility index (Phi) is 6.23. The maximum atomic E-state index is 9.44. The first kappa shape index (κ1) is 14.2. The lowest BCUT2D eigenvalue weighted by molar-refractivity contribution is 0.0451. The van der Waals surface area contributed by atoms with Crippen molar-refractivity contribution in [1.29, 1.82) is 0 Å². The summed E-state index contributed by atoms with van der Waals surface area (Å²) >= 11 is 0. The highest BCUT2D eigenvalue weighted by atomic mass is 16.5.